The summed E-state index contributed by atoms with van der Waals surface area (Å²) in [5.41, 5.74) is 5.43. The minimum atomic E-state index is -0.502. The molecule has 16 aliphatic rings. The first-order valence-electron chi connectivity index (χ1n) is 53.7. The minimum Gasteiger partial charge on any atom is -0.497 e. The van der Waals surface area contributed by atoms with Crippen LogP contribution in [0.5, 0.6) is 11.5 Å². The van der Waals surface area contributed by atoms with Gasteiger partial charge in [-0.3, -0.25) is 23.9 Å². The van der Waals surface area contributed by atoms with Gasteiger partial charge in [-0.05, 0) is 452 Å². The van der Waals surface area contributed by atoms with E-state index in [0.29, 0.717) is 128 Å². The topological polar surface area (TPSA) is 278 Å². The highest BCUT2D eigenvalue weighted by Gasteiger charge is 2.68. The molecule has 0 saturated heterocycles. The second-order valence-electron chi connectivity index (χ2n) is 51.6. The Balaban J connectivity index is 0.000000112. The van der Waals surface area contributed by atoms with Crippen molar-refractivity contribution in [3.05, 3.63) is 77.9 Å². The predicted octanol–water partition coefficient (Wildman–Crippen LogP) is 21.5. The molecule has 4 aromatic heterocycles. The molecule has 0 unspecified atom stereocenters. The summed E-state index contributed by atoms with van der Waals surface area (Å²) in [4.78, 5) is 56.0. The van der Waals surface area contributed by atoms with E-state index in [2.05, 4.69) is 97.2 Å². The molecule has 3 aromatic carbocycles. The summed E-state index contributed by atoms with van der Waals surface area (Å²) >= 11 is 0. The van der Waals surface area contributed by atoms with Gasteiger partial charge in [-0.15, -0.1) is 16.6 Å². The lowest BCUT2D eigenvalue weighted by atomic mass is 9.44. The zero-order chi connectivity index (χ0) is 95.9. The van der Waals surface area contributed by atoms with Crippen LogP contribution >= 0.6 is 0 Å². The average molecular weight is 1860 g/mol. The number of fused-ring (bicyclic) bond motifs is 23. The Morgan fingerprint density at radius 3 is 1.09 bits per heavy atom. The first-order chi connectivity index (χ1) is 64.4. The van der Waals surface area contributed by atoms with E-state index in [4.69, 9.17) is 15.9 Å². The number of halogens is 1. The van der Waals surface area contributed by atoms with Gasteiger partial charge in [0.15, 0.2) is 23.1 Å². The standard InChI is InChI=1S/C29H40FN3O2.2C29H41N3O3.C27H38N2O2/c1-17-13-24-25(14-23(17)30)33(32-31-24)16-26(34)22-8-7-20-19-6-5-18-15-27(2,35)11-12-28(18,3)21(19)9-10-29(20,22)4;1-27(34)13-14-28(2)18(16-27)5-7-20-21-8-9-23(29(21,3)12-11-22(20)28)26(33)17-32-25-15-19(35-4)6-10-24(25)30-31-32;1-27(34)13-14-28(2)18(16-27)5-7-20-21-8-9-23(29(21,3)12-11-22(20)28)26(33)17-32-30-24-10-6-19(35-4)15-25(24)31-32;1-5-19-11-15-29(28-19)17-24(30)23-9-8-21-20-7-6-18-16-25(2,31)13-14-26(18,3)22(20)10-12-27(21,23)4/h13-14,18-22,35H,5-12,15-16H2,1-4H3;2*6,10,15,18,20-23,34H,5,7-9,11-14,16-17H2,1-4H3;1,11,15,18,20-23,31H,6-10,12-14,16-17H2,2-4H3/t18-,19-,20-,21-,22+,27+,28-,29-;2*18-,20-,21-,22-,23+,27+,28-,29-;18-,20-,21-,22-,23+,25+,26-,27-/m0000/s1. The molecule has 0 radical (unpaired) electrons. The number of hydrogen-bond donors (Lipinski definition) is 4. The largest absolute Gasteiger partial charge is 0.497 e. The molecule has 16 fully saturated rings. The lowest BCUT2D eigenvalue weighted by molar-refractivity contribution is -0.151. The Labute approximate surface area is 807 Å². The van der Waals surface area contributed by atoms with E-state index in [9.17, 15) is 44.0 Å². The van der Waals surface area contributed by atoms with Crippen LogP contribution in [0.15, 0.2) is 60.8 Å². The minimum absolute atomic E-state index is 0.0415. The Morgan fingerprint density at radius 2 is 0.713 bits per heavy atom. The van der Waals surface area contributed by atoms with Crippen molar-refractivity contribution < 1.29 is 53.5 Å². The van der Waals surface area contributed by atoms with E-state index in [0.717, 1.165) is 203 Å². The lowest BCUT2D eigenvalue weighted by Crippen LogP contribution is -2.55. The van der Waals surface area contributed by atoms with Gasteiger partial charge in [0.05, 0.1) is 54.2 Å². The molecule has 0 amide bonds. The van der Waals surface area contributed by atoms with Crippen molar-refractivity contribution in [3.63, 3.8) is 0 Å². The number of hydrogen-bond acceptors (Lipinski definition) is 17. The van der Waals surface area contributed by atoms with E-state index < -0.39 is 22.4 Å². The zero-order valence-electron chi connectivity index (χ0n) is 84.7. The summed E-state index contributed by atoms with van der Waals surface area (Å²) in [5.74, 6) is 16.4. The van der Waals surface area contributed by atoms with Crippen LogP contribution < -0.4 is 9.47 Å². The van der Waals surface area contributed by atoms with Crippen molar-refractivity contribution in [2.24, 2.45) is 162 Å². The molecule has 23 rings (SSSR count). The molecule has 16 saturated carbocycles. The highest BCUT2D eigenvalue weighted by Crippen LogP contribution is 2.74. The lowest BCUT2D eigenvalue weighted by Gasteiger charge is -2.61. The van der Waals surface area contributed by atoms with Crippen LogP contribution in [0, 0.1) is 187 Å². The van der Waals surface area contributed by atoms with Crippen LogP contribution in [-0.4, -0.2) is 135 Å². The fourth-order valence-corrected chi connectivity index (χ4v) is 36.9. The molecule has 22 heteroatoms. The van der Waals surface area contributed by atoms with Crippen LogP contribution in [0.4, 0.5) is 4.39 Å². The number of carbonyl (C=O) groups is 4. The number of methoxy groups -OCH3 is 2. The quantitative estimate of drug-likeness (QED) is 0.0736. The fourth-order valence-electron chi connectivity index (χ4n) is 36.9. The van der Waals surface area contributed by atoms with Crippen molar-refractivity contribution in [2.75, 3.05) is 14.2 Å². The molecule has 7 aromatic rings. The van der Waals surface area contributed by atoms with Crippen molar-refractivity contribution in [1.29, 1.82) is 0 Å². The molecule has 0 spiro atoms. The molecule has 136 heavy (non-hydrogen) atoms. The summed E-state index contributed by atoms with van der Waals surface area (Å²) in [6.45, 7) is 30.7. The number of ketones is 4. The summed E-state index contributed by atoms with van der Waals surface area (Å²) in [7, 11) is 3.30. The highest BCUT2D eigenvalue weighted by molar-refractivity contribution is 5.86. The Bertz CT molecular complexity index is 5730. The van der Waals surface area contributed by atoms with Crippen LogP contribution in [0.3, 0.4) is 0 Å². The SMILES string of the molecule is C#Cc1ccn(CC(=O)[C@H]2CC[C@H]3[C@@H]4CC[C@H]5C[C@](C)(O)CC[C@]5(C)[C@H]4CC[C@]23C)n1.COc1ccc2nn(CC(=O)[C@H]3CC[C@H]4[C@@H]5CC[C@H]6C[C@](C)(O)CC[C@]6(C)[C@H]5CC[C@]34C)nc2c1.COc1ccc2nnn(CC(=O)[C@H]3CC[C@H]4[C@@H]5CC[C@H]6C[C@](C)(O)CC[C@]6(C)[C@H]5CC[C@]34C)c2c1.Cc1cc2nnn(CC(=O)[C@H]3CC[C@H]4[C@@H]5CC[C@H]6C[C@](C)(O)CC[C@]6(C)[C@H]5CC[C@]34C)c2cc1F. The van der Waals surface area contributed by atoms with Gasteiger partial charge in [0, 0.05) is 48.1 Å². The number of aryl methyl sites for hydroxylation is 1. The fraction of sp³-hybridized carbons (Fsp3) is 0.763. The molecule has 738 valence electrons. The highest BCUT2D eigenvalue weighted by atomic mass is 19.1. The molecule has 21 nitrogen and oxygen atoms in total. The van der Waals surface area contributed by atoms with Gasteiger partial charge in [-0.2, -0.15) is 20.1 Å². The molecule has 16 aliphatic carbocycles. The summed E-state index contributed by atoms with van der Waals surface area (Å²) in [6.07, 6.45) is 47.7. The smallest absolute Gasteiger partial charge is 0.159 e. The number of benzene rings is 3. The number of ether oxygens (including phenoxy) is 2. The summed E-state index contributed by atoms with van der Waals surface area (Å²) in [5, 5.41) is 73.4. The number of Topliss-reactive ketones (excluding diaryl/α,β-unsaturated/α-hetero) is 4. The second-order valence-corrected chi connectivity index (χ2v) is 51.6. The zero-order valence-corrected chi connectivity index (χ0v) is 84.7. The van der Waals surface area contributed by atoms with Gasteiger partial charge in [0.25, 0.3) is 0 Å². The maximum atomic E-state index is 14.2. The third-order valence-electron chi connectivity index (χ3n) is 44.5. The molecule has 4 heterocycles. The van der Waals surface area contributed by atoms with E-state index in [1.165, 1.54) is 109 Å². The monoisotopic (exact) mass is 1860 g/mol. The first kappa shape index (κ1) is 96.2. The Hall–Kier alpha value is -7.32. The van der Waals surface area contributed by atoms with E-state index >= 15 is 0 Å². The maximum Gasteiger partial charge on any atom is 0.159 e. The van der Waals surface area contributed by atoms with Gasteiger partial charge >= 0.3 is 0 Å². The maximum absolute atomic E-state index is 14.2. The van der Waals surface area contributed by atoms with Gasteiger partial charge in [-0.25, -0.2) is 13.8 Å². The number of rotatable bonds is 14. The Morgan fingerprint density at radius 1 is 0.375 bits per heavy atom. The van der Waals surface area contributed by atoms with Gasteiger partial charge in [-0.1, -0.05) is 65.8 Å². The number of carbonyl (C=O) groups excluding carboxylic acids is 4. The average Bonchev–Trinajstić information content (AvgIpc) is 1.47. The van der Waals surface area contributed by atoms with Crippen LogP contribution in [-0.2, 0) is 45.4 Å². The summed E-state index contributed by atoms with van der Waals surface area (Å²) in [6, 6.07) is 16.3. The van der Waals surface area contributed by atoms with Gasteiger partial charge in [0.2, 0.25) is 0 Å². The molecule has 0 bridgehead atoms. The molecular weight excluding hydrogens is 1700 g/mol. The van der Waals surface area contributed by atoms with Crippen LogP contribution in [0.2, 0.25) is 0 Å². The summed E-state index contributed by atoms with van der Waals surface area (Å²) < 4.78 is 30.0. The van der Waals surface area contributed by atoms with E-state index in [1.54, 1.807) is 52.1 Å². The third kappa shape index (κ3) is 16.6. The van der Waals surface area contributed by atoms with Crippen molar-refractivity contribution >= 4 is 56.2 Å². The number of aromatic nitrogens is 11. The van der Waals surface area contributed by atoms with Crippen LogP contribution in [0.25, 0.3) is 33.1 Å². The number of aliphatic hydroxyl groups is 4. The van der Waals surface area contributed by atoms with Crippen molar-refractivity contribution in [1.82, 2.24) is 54.8 Å². The van der Waals surface area contributed by atoms with Crippen molar-refractivity contribution in [3.8, 4) is 23.8 Å². The second kappa shape index (κ2) is 35.1. The number of terminal acetylenes is 1. The first-order valence-corrected chi connectivity index (χ1v) is 53.7. The van der Waals surface area contributed by atoms with Crippen molar-refractivity contribution in [2.45, 2.75) is 370 Å². The Kier molecular flexibility index (Phi) is 24.8. The number of nitrogens with zero attached hydrogens (tertiary/aromatic N) is 11. The molecular formula is C114H160FN11O10. The normalized spacial score (nSPS) is 43.7. The van der Waals surface area contributed by atoms with Gasteiger partial charge in [0.1, 0.15) is 64.7 Å². The van der Waals surface area contributed by atoms with E-state index in [-0.39, 0.29) is 70.0 Å². The predicted molar refractivity (Wildman–Crippen MR) is 524 cm³/mol. The molecule has 4 N–H and O–H groups in total. The molecule has 0 aliphatic heterocycles. The molecule has 32 atom stereocenters. The van der Waals surface area contributed by atoms with E-state index in [1.807, 2.05) is 70.3 Å². The third-order valence-corrected chi connectivity index (χ3v) is 44.5. The van der Waals surface area contributed by atoms with Gasteiger partial charge < -0.3 is 29.9 Å². The van der Waals surface area contributed by atoms with Crippen LogP contribution in [0.1, 0.15) is 325 Å².